The third-order valence-electron chi connectivity index (χ3n) is 3.88. The van der Waals surface area contributed by atoms with E-state index < -0.39 is 6.10 Å². The molecule has 1 atom stereocenters. The summed E-state index contributed by atoms with van der Waals surface area (Å²) in [6.07, 6.45) is -0.647. The van der Waals surface area contributed by atoms with Crippen molar-refractivity contribution in [3.05, 3.63) is 48.0 Å². The maximum absolute atomic E-state index is 12.5. The number of amides is 1. The van der Waals surface area contributed by atoms with Crippen molar-refractivity contribution in [3.63, 3.8) is 0 Å². The minimum atomic E-state index is -0.647. The zero-order valence-electron chi connectivity index (χ0n) is 15.3. The third-order valence-corrected chi connectivity index (χ3v) is 3.88. The van der Waals surface area contributed by atoms with Crippen LogP contribution in [-0.4, -0.2) is 26.2 Å². The quantitative estimate of drug-likeness (QED) is 0.817. The van der Waals surface area contributed by atoms with Gasteiger partial charge in [-0.2, -0.15) is 0 Å². The van der Waals surface area contributed by atoms with Crippen LogP contribution in [0.25, 0.3) is 0 Å². The second-order valence-corrected chi connectivity index (χ2v) is 6.01. The van der Waals surface area contributed by atoms with Crippen molar-refractivity contribution in [2.45, 2.75) is 32.8 Å². The number of methoxy groups -OCH3 is 2. The standard InChI is InChI=1S/C20H25NO4/c1-13(2)16-8-6-7-9-18(16)25-14(3)20(22)21-17-11-10-15(23-4)12-19(17)24-5/h6-14H,1-5H3,(H,21,22)/t14-/m1/s1. The van der Waals surface area contributed by atoms with Crippen molar-refractivity contribution in [3.8, 4) is 17.2 Å². The van der Waals surface area contributed by atoms with E-state index in [9.17, 15) is 4.79 Å². The molecule has 0 heterocycles. The van der Waals surface area contributed by atoms with Crippen LogP contribution in [0.3, 0.4) is 0 Å². The number of anilines is 1. The Balaban J connectivity index is 2.11. The lowest BCUT2D eigenvalue weighted by Crippen LogP contribution is -2.30. The Morgan fingerprint density at radius 2 is 1.68 bits per heavy atom. The van der Waals surface area contributed by atoms with Gasteiger partial charge >= 0.3 is 0 Å². The highest BCUT2D eigenvalue weighted by molar-refractivity contribution is 5.95. The molecule has 1 amide bonds. The van der Waals surface area contributed by atoms with Crippen LogP contribution in [0.15, 0.2) is 42.5 Å². The molecule has 25 heavy (non-hydrogen) atoms. The summed E-state index contributed by atoms with van der Waals surface area (Å²) in [5.74, 6) is 1.98. The molecule has 134 valence electrons. The summed E-state index contributed by atoms with van der Waals surface area (Å²) in [6.45, 7) is 5.91. The maximum atomic E-state index is 12.5. The average Bonchev–Trinajstić information content (AvgIpc) is 2.62. The van der Waals surface area contributed by atoms with E-state index in [4.69, 9.17) is 14.2 Å². The number of hydrogen-bond donors (Lipinski definition) is 1. The fraction of sp³-hybridized carbons (Fsp3) is 0.350. The first-order valence-corrected chi connectivity index (χ1v) is 8.24. The zero-order valence-corrected chi connectivity index (χ0v) is 15.3. The number of para-hydroxylation sites is 1. The molecule has 0 aliphatic carbocycles. The summed E-state index contributed by atoms with van der Waals surface area (Å²) in [4.78, 5) is 12.5. The molecule has 2 aromatic carbocycles. The van der Waals surface area contributed by atoms with E-state index in [1.807, 2.05) is 24.3 Å². The number of rotatable bonds is 7. The number of nitrogens with one attached hydrogen (secondary N) is 1. The van der Waals surface area contributed by atoms with Gasteiger partial charge in [0.25, 0.3) is 5.91 Å². The second kappa shape index (κ2) is 8.42. The molecule has 0 fully saturated rings. The zero-order chi connectivity index (χ0) is 18.4. The Morgan fingerprint density at radius 3 is 2.32 bits per heavy atom. The van der Waals surface area contributed by atoms with Crippen molar-refractivity contribution >= 4 is 11.6 Å². The van der Waals surface area contributed by atoms with Gasteiger partial charge in [-0.25, -0.2) is 0 Å². The van der Waals surface area contributed by atoms with Crippen LogP contribution in [0.2, 0.25) is 0 Å². The second-order valence-electron chi connectivity index (χ2n) is 6.01. The number of ether oxygens (including phenoxy) is 3. The minimum Gasteiger partial charge on any atom is -0.497 e. The molecular formula is C20H25NO4. The number of carbonyl (C=O) groups is 1. The Kier molecular flexibility index (Phi) is 6.28. The van der Waals surface area contributed by atoms with Crippen LogP contribution >= 0.6 is 0 Å². The summed E-state index contributed by atoms with van der Waals surface area (Å²) in [5.41, 5.74) is 1.64. The molecule has 5 heteroatoms. The van der Waals surface area contributed by atoms with Crippen LogP contribution in [0.5, 0.6) is 17.2 Å². The van der Waals surface area contributed by atoms with Gasteiger partial charge in [0.15, 0.2) is 6.10 Å². The first-order chi connectivity index (χ1) is 12.0. The van der Waals surface area contributed by atoms with E-state index in [-0.39, 0.29) is 5.91 Å². The van der Waals surface area contributed by atoms with E-state index in [1.54, 1.807) is 39.3 Å². The van der Waals surface area contributed by atoms with Crippen molar-refractivity contribution in [1.82, 2.24) is 0 Å². The summed E-state index contributed by atoms with van der Waals surface area (Å²) >= 11 is 0. The maximum Gasteiger partial charge on any atom is 0.265 e. The number of carbonyl (C=O) groups excluding carboxylic acids is 1. The van der Waals surface area contributed by atoms with Crippen molar-refractivity contribution in [2.75, 3.05) is 19.5 Å². The highest BCUT2D eigenvalue weighted by Gasteiger charge is 2.19. The van der Waals surface area contributed by atoms with Gasteiger partial charge in [0.2, 0.25) is 0 Å². The average molecular weight is 343 g/mol. The smallest absolute Gasteiger partial charge is 0.265 e. The molecule has 0 saturated carbocycles. The molecule has 0 aliphatic rings. The summed E-state index contributed by atoms with van der Waals surface area (Å²) in [5, 5.41) is 2.84. The van der Waals surface area contributed by atoms with Gasteiger partial charge in [-0.05, 0) is 36.6 Å². The van der Waals surface area contributed by atoms with Crippen molar-refractivity contribution in [1.29, 1.82) is 0 Å². The molecule has 0 aromatic heterocycles. The summed E-state index contributed by atoms with van der Waals surface area (Å²) in [7, 11) is 3.12. The lowest BCUT2D eigenvalue weighted by atomic mass is 10.0. The molecule has 2 aromatic rings. The van der Waals surface area contributed by atoms with Gasteiger partial charge in [-0.3, -0.25) is 4.79 Å². The summed E-state index contributed by atoms with van der Waals surface area (Å²) < 4.78 is 16.3. The van der Waals surface area contributed by atoms with E-state index in [0.717, 1.165) is 11.3 Å². The van der Waals surface area contributed by atoms with Crippen LogP contribution in [0, 0.1) is 0 Å². The third kappa shape index (κ3) is 4.66. The number of benzene rings is 2. The topological polar surface area (TPSA) is 56.8 Å². The fourth-order valence-corrected chi connectivity index (χ4v) is 2.44. The molecule has 2 rings (SSSR count). The van der Waals surface area contributed by atoms with E-state index >= 15 is 0 Å². The number of hydrogen-bond acceptors (Lipinski definition) is 4. The normalized spacial score (nSPS) is 11.8. The van der Waals surface area contributed by atoms with Gasteiger partial charge in [0, 0.05) is 6.07 Å². The van der Waals surface area contributed by atoms with E-state index in [2.05, 4.69) is 19.2 Å². The van der Waals surface area contributed by atoms with Gasteiger partial charge in [-0.1, -0.05) is 32.0 Å². The SMILES string of the molecule is COc1ccc(NC(=O)[C@@H](C)Oc2ccccc2C(C)C)c(OC)c1. The van der Waals surface area contributed by atoms with Crippen LogP contribution in [0.4, 0.5) is 5.69 Å². The Bertz CT molecular complexity index is 727. The molecule has 5 nitrogen and oxygen atoms in total. The van der Waals surface area contributed by atoms with Gasteiger partial charge < -0.3 is 19.5 Å². The fourth-order valence-electron chi connectivity index (χ4n) is 2.44. The molecular weight excluding hydrogens is 318 g/mol. The predicted molar refractivity (Wildman–Crippen MR) is 98.8 cm³/mol. The molecule has 0 aliphatic heterocycles. The summed E-state index contributed by atoms with van der Waals surface area (Å²) in [6, 6.07) is 13.0. The largest absolute Gasteiger partial charge is 0.497 e. The molecule has 0 bridgehead atoms. The molecule has 0 saturated heterocycles. The molecule has 1 N–H and O–H groups in total. The van der Waals surface area contributed by atoms with E-state index in [0.29, 0.717) is 23.1 Å². The van der Waals surface area contributed by atoms with Crippen molar-refractivity contribution in [2.24, 2.45) is 0 Å². The molecule has 0 unspecified atom stereocenters. The molecule has 0 spiro atoms. The first kappa shape index (κ1) is 18.6. The Labute approximate surface area is 148 Å². The van der Waals surface area contributed by atoms with Crippen LogP contribution in [0.1, 0.15) is 32.3 Å². The highest BCUT2D eigenvalue weighted by atomic mass is 16.5. The monoisotopic (exact) mass is 343 g/mol. The highest BCUT2D eigenvalue weighted by Crippen LogP contribution is 2.30. The lowest BCUT2D eigenvalue weighted by Gasteiger charge is -2.19. The Hall–Kier alpha value is -2.69. The van der Waals surface area contributed by atoms with Gasteiger partial charge in [-0.15, -0.1) is 0 Å². The van der Waals surface area contributed by atoms with Gasteiger partial charge in [0.1, 0.15) is 17.2 Å². The predicted octanol–water partition coefficient (Wildman–Crippen LogP) is 4.23. The molecule has 0 radical (unpaired) electrons. The van der Waals surface area contributed by atoms with Gasteiger partial charge in [0.05, 0.1) is 19.9 Å². The van der Waals surface area contributed by atoms with Crippen molar-refractivity contribution < 1.29 is 19.0 Å². The minimum absolute atomic E-state index is 0.248. The first-order valence-electron chi connectivity index (χ1n) is 8.24. The van der Waals surface area contributed by atoms with Crippen LogP contribution in [-0.2, 0) is 4.79 Å². The lowest BCUT2D eigenvalue weighted by molar-refractivity contribution is -0.122. The Morgan fingerprint density at radius 1 is 0.960 bits per heavy atom. The van der Waals surface area contributed by atoms with E-state index in [1.165, 1.54) is 0 Å². The van der Waals surface area contributed by atoms with Crippen LogP contribution < -0.4 is 19.5 Å².